The highest BCUT2D eigenvalue weighted by atomic mass is 32.1. The molecule has 0 spiro atoms. The molecule has 2 rings (SSSR count). The topological polar surface area (TPSA) is 127 Å². The molecule has 1 aliphatic heterocycles. The summed E-state index contributed by atoms with van der Waals surface area (Å²) in [5.74, 6) is 0.130. The van der Waals surface area contributed by atoms with Crippen molar-refractivity contribution in [3.63, 3.8) is 0 Å². The van der Waals surface area contributed by atoms with Crippen LogP contribution in [0.1, 0.15) is 0 Å². The van der Waals surface area contributed by atoms with Crippen LogP contribution in [0, 0.1) is 10.1 Å². The number of pyridine rings is 1. The van der Waals surface area contributed by atoms with Gasteiger partial charge in [0.05, 0.1) is 30.0 Å². The van der Waals surface area contributed by atoms with Crippen molar-refractivity contribution < 1.29 is 24.6 Å². The third-order valence-electron chi connectivity index (χ3n) is 3.08. The van der Waals surface area contributed by atoms with Crippen LogP contribution in [0.25, 0.3) is 0 Å². The van der Waals surface area contributed by atoms with Crippen LogP contribution in [-0.2, 0) is 4.74 Å². The average molecular weight is 317 g/mol. The maximum Gasteiger partial charge on any atom is 0.311 e. The van der Waals surface area contributed by atoms with E-state index in [0.717, 1.165) is 0 Å². The van der Waals surface area contributed by atoms with Gasteiger partial charge in [0.1, 0.15) is 12.3 Å². The third kappa shape index (κ3) is 3.18. The second-order valence-electron chi connectivity index (χ2n) is 4.38. The molecule has 1 saturated heterocycles. The molecule has 1 aliphatic rings. The fraction of sp³-hybridized carbons (Fsp3) is 0.545. The van der Waals surface area contributed by atoms with Crippen LogP contribution in [0.4, 0.5) is 11.5 Å². The van der Waals surface area contributed by atoms with Crippen molar-refractivity contribution in [3.8, 4) is 5.88 Å². The normalized spacial score (nSPS) is 28.4. The van der Waals surface area contributed by atoms with Crippen molar-refractivity contribution in [2.75, 3.05) is 19.0 Å². The van der Waals surface area contributed by atoms with Gasteiger partial charge in [-0.05, 0) is 0 Å². The lowest BCUT2D eigenvalue weighted by Gasteiger charge is -2.17. The predicted molar refractivity (Wildman–Crippen MR) is 75.6 cm³/mol. The lowest BCUT2D eigenvalue weighted by molar-refractivity contribution is -0.384. The Labute approximate surface area is 125 Å². The van der Waals surface area contributed by atoms with Gasteiger partial charge in [0, 0.05) is 12.1 Å². The second kappa shape index (κ2) is 6.43. The summed E-state index contributed by atoms with van der Waals surface area (Å²) in [6, 6.07) is 2.61. The molecule has 9 nitrogen and oxygen atoms in total. The minimum Gasteiger partial charge on any atom is -0.481 e. The van der Waals surface area contributed by atoms with Crippen LogP contribution in [0.3, 0.4) is 0 Å². The molecular weight excluding hydrogens is 302 g/mol. The average Bonchev–Trinajstić information content (AvgIpc) is 2.74. The summed E-state index contributed by atoms with van der Waals surface area (Å²) in [7, 11) is 1.39. The summed E-state index contributed by atoms with van der Waals surface area (Å²) in [5, 5.41) is 31.9. The molecule has 116 valence electrons. The molecule has 0 aromatic carbocycles. The number of thiol groups is 1. The van der Waals surface area contributed by atoms with Gasteiger partial charge >= 0.3 is 5.69 Å². The third-order valence-corrected chi connectivity index (χ3v) is 3.65. The van der Waals surface area contributed by atoms with Gasteiger partial charge in [-0.2, -0.15) is 17.6 Å². The van der Waals surface area contributed by atoms with E-state index >= 15 is 0 Å². The van der Waals surface area contributed by atoms with Gasteiger partial charge in [-0.25, -0.2) is 0 Å². The Balaban J connectivity index is 2.24. The summed E-state index contributed by atoms with van der Waals surface area (Å²) < 4.78 is 10.3. The first kappa shape index (κ1) is 15.8. The van der Waals surface area contributed by atoms with E-state index in [4.69, 9.17) is 14.6 Å². The van der Waals surface area contributed by atoms with E-state index in [1.807, 2.05) is 0 Å². The number of anilines is 1. The highest BCUT2D eigenvalue weighted by molar-refractivity contribution is 7.81. The molecule has 21 heavy (non-hydrogen) atoms. The Kier molecular flexibility index (Phi) is 4.83. The number of aliphatic hydroxyl groups excluding tert-OH is 2. The predicted octanol–water partition coefficient (Wildman–Crippen LogP) is -0.213. The van der Waals surface area contributed by atoms with E-state index in [-0.39, 0.29) is 24.0 Å². The summed E-state index contributed by atoms with van der Waals surface area (Å²) >= 11 is 4.18. The Morgan fingerprint density at radius 2 is 2.33 bits per heavy atom. The molecule has 0 aliphatic carbocycles. The van der Waals surface area contributed by atoms with Gasteiger partial charge in [-0.3, -0.25) is 10.1 Å². The number of aromatic nitrogens is 1. The van der Waals surface area contributed by atoms with Crippen molar-refractivity contribution in [2.24, 2.45) is 0 Å². The highest BCUT2D eigenvalue weighted by Crippen LogP contribution is 2.30. The van der Waals surface area contributed by atoms with Crippen LogP contribution >= 0.6 is 12.6 Å². The number of hydrogen-bond acceptors (Lipinski definition) is 9. The van der Waals surface area contributed by atoms with Crippen LogP contribution < -0.4 is 10.1 Å². The van der Waals surface area contributed by atoms with Crippen LogP contribution in [0.15, 0.2) is 12.1 Å². The smallest absolute Gasteiger partial charge is 0.311 e. The first-order valence-electron chi connectivity index (χ1n) is 6.06. The van der Waals surface area contributed by atoms with Crippen molar-refractivity contribution in [1.29, 1.82) is 0 Å². The van der Waals surface area contributed by atoms with Gasteiger partial charge in [-0.1, -0.05) is 0 Å². The molecular formula is C11H15N3O6S. The monoisotopic (exact) mass is 317 g/mol. The van der Waals surface area contributed by atoms with Crippen LogP contribution in [0.5, 0.6) is 5.88 Å². The van der Waals surface area contributed by atoms with Crippen LogP contribution in [-0.4, -0.2) is 57.5 Å². The van der Waals surface area contributed by atoms with E-state index < -0.39 is 28.6 Å². The Bertz CT molecular complexity index is 531. The van der Waals surface area contributed by atoms with Gasteiger partial charge in [-0.15, -0.1) is 0 Å². The zero-order valence-corrected chi connectivity index (χ0v) is 11.9. The van der Waals surface area contributed by atoms with E-state index in [2.05, 4.69) is 22.9 Å². The summed E-state index contributed by atoms with van der Waals surface area (Å²) in [5.41, 5.74) is -0.262. The Hall–Kier alpha value is -1.62. The summed E-state index contributed by atoms with van der Waals surface area (Å²) in [6.07, 6.45) is -2.64. The number of rotatable bonds is 5. The molecule has 1 aromatic rings. The number of nitrogens with zero attached hydrogens (tertiary/aromatic N) is 2. The largest absolute Gasteiger partial charge is 0.481 e. The number of aliphatic hydroxyl groups is 2. The molecule has 0 amide bonds. The summed E-state index contributed by atoms with van der Waals surface area (Å²) in [4.78, 5) is 14.4. The molecule has 10 heteroatoms. The molecule has 1 aromatic heterocycles. The molecule has 0 bridgehead atoms. The maximum absolute atomic E-state index is 11.0. The zero-order valence-electron chi connectivity index (χ0n) is 11.0. The first-order valence-corrected chi connectivity index (χ1v) is 6.58. The number of nitro groups is 1. The first-order chi connectivity index (χ1) is 9.97. The zero-order chi connectivity index (χ0) is 15.6. The van der Waals surface area contributed by atoms with E-state index in [1.54, 1.807) is 0 Å². The Morgan fingerprint density at radius 3 is 2.86 bits per heavy atom. The number of nitrogens with one attached hydrogen (secondary N) is 1. The molecule has 3 N–H and O–H groups in total. The number of methoxy groups -OCH3 is 1. The van der Waals surface area contributed by atoms with Crippen molar-refractivity contribution in [2.45, 2.75) is 23.7 Å². The van der Waals surface area contributed by atoms with E-state index in [0.29, 0.717) is 0 Å². The second-order valence-corrected chi connectivity index (χ2v) is 4.98. The van der Waals surface area contributed by atoms with E-state index in [9.17, 15) is 15.2 Å². The van der Waals surface area contributed by atoms with Crippen molar-refractivity contribution in [1.82, 2.24) is 4.98 Å². The molecule has 0 unspecified atom stereocenters. The number of ether oxygens (including phenoxy) is 2. The fourth-order valence-electron chi connectivity index (χ4n) is 1.95. The quantitative estimate of drug-likeness (QED) is 0.334. The lowest BCUT2D eigenvalue weighted by atomic mass is 10.2. The molecule has 2 heterocycles. The molecule has 4 atom stereocenters. The Morgan fingerprint density at radius 1 is 1.62 bits per heavy atom. The van der Waals surface area contributed by atoms with Gasteiger partial charge in [0.25, 0.3) is 0 Å². The van der Waals surface area contributed by atoms with Crippen molar-refractivity contribution in [3.05, 3.63) is 22.2 Å². The maximum atomic E-state index is 11.0. The van der Waals surface area contributed by atoms with E-state index in [1.165, 1.54) is 19.2 Å². The molecule has 0 saturated carbocycles. The van der Waals surface area contributed by atoms with Crippen molar-refractivity contribution >= 4 is 24.1 Å². The minimum atomic E-state index is -1.000. The lowest BCUT2D eigenvalue weighted by Crippen LogP contribution is -2.32. The number of hydrogen-bond donors (Lipinski definition) is 4. The molecule has 1 fully saturated rings. The minimum absolute atomic E-state index is 0.0609. The standard InChI is InChI=1S/C11H15N3O6S/c1-19-7-3-2-5(14(17)18)10(12-7)13-11-9(21)8(16)6(4-15)20-11/h2-3,6,8-9,11,15-16,21H,4H2,1H3,(H,12,13)/t6-,8-,9-,11-/m1/s1. The summed E-state index contributed by atoms with van der Waals surface area (Å²) in [6.45, 7) is -0.385. The SMILES string of the molecule is COc1ccc([N+](=O)[O-])c(N[C@@H]2O[C@H](CO)[C@@H](O)[C@H]2S)n1. The molecule has 0 radical (unpaired) electrons. The van der Waals surface area contributed by atoms with Gasteiger partial charge in [0.15, 0.2) is 0 Å². The van der Waals surface area contributed by atoms with Crippen LogP contribution in [0.2, 0.25) is 0 Å². The van der Waals surface area contributed by atoms with Gasteiger partial charge in [0.2, 0.25) is 11.7 Å². The fourth-order valence-corrected chi connectivity index (χ4v) is 2.29. The van der Waals surface area contributed by atoms with Gasteiger partial charge < -0.3 is 25.0 Å². The highest BCUT2D eigenvalue weighted by Gasteiger charge is 2.42.